The molecule has 1 heterocycles. The van der Waals surface area contributed by atoms with E-state index in [4.69, 9.17) is 9.47 Å². The zero-order chi connectivity index (χ0) is 13.8. The summed E-state index contributed by atoms with van der Waals surface area (Å²) < 4.78 is 10.6. The Labute approximate surface area is 116 Å². The molecule has 1 aromatic carbocycles. The maximum atomic E-state index is 10.3. The highest BCUT2D eigenvalue weighted by atomic mass is 32.1. The first-order chi connectivity index (χ1) is 9.15. The molecule has 0 aliphatic carbocycles. The lowest BCUT2D eigenvalue weighted by molar-refractivity contribution is 0.172. The van der Waals surface area contributed by atoms with Crippen molar-refractivity contribution in [2.24, 2.45) is 0 Å². The first kappa shape index (κ1) is 13.8. The fraction of sp³-hybridized carbons (Fsp3) is 0.357. The van der Waals surface area contributed by atoms with Crippen LogP contribution < -0.4 is 9.47 Å². The summed E-state index contributed by atoms with van der Waals surface area (Å²) in [4.78, 5) is 4.36. The second-order valence-electron chi connectivity index (χ2n) is 4.16. The topological polar surface area (TPSA) is 51.6 Å². The molecule has 0 amide bonds. The van der Waals surface area contributed by atoms with Crippen LogP contribution in [0, 0.1) is 6.92 Å². The maximum absolute atomic E-state index is 10.3. The van der Waals surface area contributed by atoms with Crippen molar-refractivity contribution < 1.29 is 14.6 Å². The van der Waals surface area contributed by atoms with Gasteiger partial charge in [-0.1, -0.05) is 12.1 Å². The van der Waals surface area contributed by atoms with E-state index < -0.39 is 6.10 Å². The zero-order valence-corrected chi connectivity index (χ0v) is 12.0. The molecule has 102 valence electrons. The smallest absolute Gasteiger partial charge is 0.166 e. The Kier molecular flexibility index (Phi) is 4.39. The van der Waals surface area contributed by atoms with Crippen molar-refractivity contribution >= 4 is 11.3 Å². The minimum absolute atomic E-state index is 0.466. The van der Waals surface area contributed by atoms with Crippen LogP contribution in [-0.4, -0.2) is 24.3 Å². The fourth-order valence-corrected chi connectivity index (χ4v) is 2.61. The predicted molar refractivity (Wildman–Crippen MR) is 75.1 cm³/mol. The van der Waals surface area contributed by atoms with Crippen LogP contribution in [0.3, 0.4) is 0 Å². The van der Waals surface area contributed by atoms with E-state index in [1.807, 2.05) is 30.5 Å². The van der Waals surface area contributed by atoms with Crippen LogP contribution in [0.2, 0.25) is 0 Å². The lowest BCUT2D eigenvalue weighted by Crippen LogP contribution is -2.05. The third-order valence-electron chi connectivity index (χ3n) is 2.86. The van der Waals surface area contributed by atoms with Crippen molar-refractivity contribution in [2.45, 2.75) is 19.4 Å². The average Bonchev–Trinajstić information content (AvgIpc) is 2.82. The van der Waals surface area contributed by atoms with Gasteiger partial charge in [0, 0.05) is 17.4 Å². The van der Waals surface area contributed by atoms with Crippen LogP contribution in [0.25, 0.3) is 0 Å². The van der Waals surface area contributed by atoms with Crippen LogP contribution in [0.4, 0.5) is 0 Å². The number of aliphatic hydroxyl groups excluding tert-OH is 1. The van der Waals surface area contributed by atoms with Gasteiger partial charge < -0.3 is 14.6 Å². The molecule has 0 aliphatic rings. The molecule has 0 saturated heterocycles. The van der Waals surface area contributed by atoms with Crippen LogP contribution >= 0.6 is 11.3 Å². The number of para-hydroxylation sites is 1. The summed E-state index contributed by atoms with van der Waals surface area (Å²) in [5, 5.41) is 13.3. The van der Waals surface area contributed by atoms with E-state index in [0.717, 1.165) is 10.7 Å². The van der Waals surface area contributed by atoms with E-state index in [1.54, 1.807) is 25.6 Å². The van der Waals surface area contributed by atoms with Gasteiger partial charge in [-0.05, 0) is 13.0 Å². The molecule has 1 unspecified atom stereocenters. The number of ether oxygens (including phenoxy) is 2. The third-order valence-corrected chi connectivity index (χ3v) is 3.68. The Morgan fingerprint density at radius 2 is 2.11 bits per heavy atom. The van der Waals surface area contributed by atoms with Gasteiger partial charge in [0.15, 0.2) is 11.5 Å². The van der Waals surface area contributed by atoms with Gasteiger partial charge in [-0.15, -0.1) is 11.3 Å². The maximum Gasteiger partial charge on any atom is 0.166 e. The minimum Gasteiger partial charge on any atom is -0.493 e. The van der Waals surface area contributed by atoms with Gasteiger partial charge in [0.2, 0.25) is 0 Å². The first-order valence-electron chi connectivity index (χ1n) is 5.95. The predicted octanol–water partition coefficient (Wildman–Crippen LogP) is 2.74. The second-order valence-corrected chi connectivity index (χ2v) is 5.22. The lowest BCUT2D eigenvalue weighted by atomic mass is 10.0. The van der Waals surface area contributed by atoms with E-state index in [1.165, 1.54) is 0 Å². The molecule has 4 nitrogen and oxygen atoms in total. The molecule has 0 spiro atoms. The summed E-state index contributed by atoms with van der Waals surface area (Å²) in [7, 11) is 3.15. The first-order valence-corrected chi connectivity index (χ1v) is 6.83. The van der Waals surface area contributed by atoms with E-state index in [0.29, 0.717) is 23.5 Å². The standard InChI is InChI=1S/C14H17NO3S/c1-9-15-10(8-19-9)7-12(16)11-5-4-6-13(17-2)14(11)18-3/h4-6,8,12,16H,7H2,1-3H3. The highest BCUT2D eigenvalue weighted by Gasteiger charge is 2.18. The molecule has 19 heavy (non-hydrogen) atoms. The van der Waals surface area contributed by atoms with Crippen molar-refractivity contribution in [3.05, 3.63) is 39.8 Å². The van der Waals surface area contributed by atoms with Crippen LogP contribution in [-0.2, 0) is 6.42 Å². The molecule has 2 rings (SSSR count). The monoisotopic (exact) mass is 279 g/mol. The van der Waals surface area contributed by atoms with Gasteiger partial charge in [-0.3, -0.25) is 0 Å². The van der Waals surface area contributed by atoms with E-state index in [2.05, 4.69) is 4.98 Å². The van der Waals surface area contributed by atoms with E-state index >= 15 is 0 Å². The summed E-state index contributed by atoms with van der Waals surface area (Å²) in [5.41, 5.74) is 1.60. The van der Waals surface area contributed by atoms with Gasteiger partial charge in [0.25, 0.3) is 0 Å². The number of benzene rings is 1. The largest absolute Gasteiger partial charge is 0.493 e. The molecule has 5 heteroatoms. The molecular weight excluding hydrogens is 262 g/mol. The minimum atomic E-state index is -0.661. The average molecular weight is 279 g/mol. The van der Waals surface area contributed by atoms with Gasteiger partial charge in [0.05, 0.1) is 31.0 Å². The molecule has 1 N–H and O–H groups in total. The molecule has 0 bridgehead atoms. The molecule has 0 aliphatic heterocycles. The highest BCUT2D eigenvalue weighted by molar-refractivity contribution is 7.09. The third kappa shape index (κ3) is 3.05. The number of hydrogen-bond acceptors (Lipinski definition) is 5. The normalized spacial score (nSPS) is 12.2. The molecule has 2 aromatic rings. The Morgan fingerprint density at radius 3 is 2.68 bits per heavy atom. The van der Waals surface area contributed by atoms with E-state index in [9.17, 15) is 5.11 Å². The number of aryl methyl sites for hydroxylation is 1. The zero-order valence-electron chi connectivity index (χ0n) is 11.2. The van der Waals surface area contributed by atoms with Crippen molar-refractivity contribution in [1.82, 2.24) is 4.98 Å². The molecule has 0 fully saturated rings. The molecule has 0 radical (unpaired) electrons. The summed E-state index contributed by atoms with van der Waals surface area (Å²) in [6, 6.07) is 5.49. The number of nitrogens with zero attached hydrogens (tertiary/aromatic N) is 1. The summed E-state index contributed by atoms with van der Waals surface area (Å²) >= 11 is 1.58. The Hall–Kier alpha value is -1.59. The van der Waals surface area contributed by atoms with Crippen LogP contribution in [0.1, 0.15) is 22.4 Å². The molecular formula is C14H17NO3S. The summed E-state index contributed by atoms with van der Waals surface area (Å²) in [6.07, 6.45) is -0.194. The number of rotatable bonds is 5. The van der Waals surface area contributed by atoms with Gasteiger partial charge in [0.1, 0.15) is 0 Å². The highest BCUT2D eigenvalue weighted by Crippen LogP contribution is 2.35. The fourth-order valence-electron chi connectivity index (χ4n) is 1.98. The van der Waals surface area contributed by atoms with E-state index in [-0.39, 0.29) is 0 Å². The Bertz CT molecular complexity index is 553. The van der Waals surface area contributed by atoms with Crippen molar-refractivity contribution in [2.75, 3.05) is 14.2 Å². The van der Waals surface area contributed by atoms with Crippen molar-refractivity contribution in [1.29, 1.82) is 0 Å². The molecule has 1 aromatic heterocycles. The quantitative estimate of drug-likeness (QED) is 0.914. The van der Waals surface area contributed by atoms with Crippen LogP contribution in [0.5, 0.6) is 11.5 Å². The second kappa shape index (κ2) is 6.04. The number of aliphatic hydroxyl groups is 1. The molecule has 0 saturated carbocycles. The summed E-state index contributed by atoms with van der Waals surface area (Å²) in [5.74, 6) is 1.19. The summed E-state index contributed by atoms with van der Waals surface area (Å²) in [6.45, 7) is 1.95. The van der Waals surface area contributed by atoms with Crippen molar-refractivity contribution in [3.8, 4) is 11.5 Å². The number of hydrogen-bond donors (Lipinski definition) is 1. The Balaban J connectivity index is 2.25. The van der Waals surface area contributed by atoms with Gasteiger partial charge in [-0.2, -0.15) is 0 Å². The number of methoxy groups -OCH3 is 2. The van der Waals surface area contributed by atoms with Gasteiger partial charge in [-0.25, -0.2) is 4.98 Å². The van der Waals surface area contributed by atoms with Gasteiger partial charge >= 0.3 is 0 Å². The lowest BCUT2D eigenvalue weighted by Gasteiger charge is -2.16. The number of thiazole rings is 1. The number of aromatic nitrogens is 1. The van der Waals surface area contributed by atoms with Crippen molar-refractivity contribution in [3.63, 3.8) is 0 Å². The molecule has 1 atom stereocenters. The van der Waals surface area contributed by atoms with Crippen LogP contribution in [0.15, 0.2) is 23.6 Å². The SMILES string of the molecule is COc1cccc(C(O)Cc2csc(C)n2)c1OC. The Morgan fingerprint density at radius 1 is 1.32 bits per heavy atom.